The van der Waals surface area contributed by atoms with Crippen molar-refractivity contribution >= 4 is 22.8 Å². The zero-order chi connectivity index (χ0) is 15.9. The molecule has 3 aromatic rings. The van der Waals surface area contributed by atoms with E-state index in [1.165, 1.54) is 19.1 Å². The molecule has 0 aliphatic rings. The molecule has 0 radical (unpaired) electrons. The fourth-order valence-electron chi connectivity index (χ4n) is 2.59. The number of carboxylic acids is 2. The molecule has 0 saturated heterocycles. The highest BCUT2D eigenvalue weighted by atomic mass is 16.4. The molecule has 0 atom stereocenters. The first kappa shape index (κ1) is 13.8. The van der Waals surface area contributed by atoms with Crippen molar-refractivity contribution in [2.24, 2.45) is 0 Å². The zero-order valence-electron chi connectivity index (χ0n) is 11.6. The molecule has 110 valence electrons. The highest BCUT2D eigenvalue weighted by molar-refractivity contribution is 6.05. The standard InChI is InChI=1S/C16H12N2O4/c1-8-9(15(19)20)6-7-11(13(8)16(21)22)14-10-4-2-3-5-12(10)17-18-14/h2-7H,1H3,(H,17,18)(H,19,20)(H,21,22). The first-order chi connectivity index (χ1) is 10.5. The number of aromatic nitrogens is 2. The van der Waals surface area contributed by atoms with Crippen molar-refractivity contribution in [3.8, 4) is 11.3 Å². The van der Waals surface area contributed by atoms with Crippen LogP contribution in [0, 0.1) is 6.92 Å². The molecule has 0 bridgehead atoms. The Morgan fingerprint density at radius 3 is 2.45 bits per heavy atom. The molecule has 6 heteroatoms. The lowest BCUT2D eigenvalue weighted by Gasteiger charge is -2.10. The van der Waals surface area contributed by atoms with Crippen molar-refractivity contribution < 1.29 is 19.8 Å². The van der Waals surface area contributed by atoms with E-state index in [1.54, 1.807) is 0 Å². The summed E-state index contributed by atoms with van der Waals surface area (Å²) in [6.45, 7) is 1.49. The average Bonchev–Trinajstić information content (AvgIpc) is 2.89. The van der Waals surface area contributed by atoms with Crippen LogP contribution < -0.4 is 0 Å². The quantitative estimate of drug-likeness (QED) is 0.689. The van der Waals surface area contributed by atoms with Gasteiger partial charge in [0.2, 0.25) is 0 Å². The van der Waals surface area contributed by atoms with Gasteiger partial charge in [-0.3, -0.25) is 5.10 Å². The Hall–Kier alpha value is -3.15. The van der Waals surface area contributed by atoms with Crippen molar-refractivity contribution in [2.75, 3.05) is 0 Å². The summed E-state index contributed by atoms with van der Waals surface area (Å²) in [5.41, 5.74) is 1.82. The van der Waals surface area contributed by atoms with Gasteiger partial charge in [0.1, 0.15) is 5.69 Å². The van der Waals surface area contributed by atoms with Crippen molar-refractivity contribution in [1.82, 2.24) is 10.2 Å². The predicted molar refractivity (Wildman–Crippen MR) is 80.2 cm³/mol. The Morgan fingerprint density at radius 1 is 1.05 bits per heavy atom. The molecule has 1 heterocycles. The number of fused-ring (bicyclic) bond motifs is 1. The van der Waals surface area contributed by atoms with Crippen LogP contribution in [0.25, 0.3) is 22.2 Å². The van der Waals surface area contributed by atoms with E-state index in [1.807, 2.05) is 24.3 Å². The molecule has 22 heavy (non-hydrogen) atoms. The summed E-state index contributed by atoms with van der Waals surface area (Å²) in [5.74, 6) is -2.33. The van der Waals surface area contributed by atoms with E-state index in [4.69, 9.17) is 5.11 Å². The van der Waals surface area contributed by atoms with E-state index in [2.05, 4.69) is 10.2 Å². The summed E-state index contributed by atoms with van der Waals surface area (Å²) in [6, 6.07) is 10.2. The SMILES string of the molecule is Cc1c(C(=O)O)ccc(-c2n[nH]c3ccccc23)c1C(=O)O. The molecule has 3 N–H and O–H groups in total. The summed E-state index contributed by atoms with van der Waals surface area (Å²) in [4.78, 5) is 22.8. The van der Waals surface area contributed by atoms with Gasteiger partial charge >= 0.3 is 11.9 Å². The third-order valence-electron chi connectivity index (χ3n) is 3.63. The lowest BCUT2D eigenvalue weighted by Crippen LogP contribution is -2.09. The minimum Gasteiger partial charge on any atom is -0.478 e. The predicted octanol–water partition coefficient (Wildman–Crippen LogP) is 2.93. The second kappa shape index (κ2) is 5.00. The lowest BCUT2D eigenvalue weighted by molar-refractivity contribution is 0.0696. The Balaban J connectivity index is 2.34. The number of hydrogen-bond donors (Lipinski definition) is 3. The normalized spacial score (nSPS) is 10.8. The highest BCUT2D eigenvalue weighted by Gasteiger charge is 2.22. The third kappa shape index (κ3) is 2.01. The fraction of sp³-hybridized carbons (Fsp3) is 0.0625. The summed E-state index contributed by atoms with van der Waals surface area (Å²) in [7, 11) is 0. The van der Waals surface area contributed by atoms with Crippen LogP contribution in [-0.2, 0) is 0 Å². The van der Waals surface area contributed by atoms with Gasteiger partial charge in [-0.2, -0.15) is 5.10 Å². The van der Waals surface area contributed by atoms with Crippen LogP contribution in [0.15, 0.2) is 36.4 Å². The van der Waals surface area contributed by atoms with Gasteiger partial charge in [-0.05, 0) is 24.6 Å². The molecule has 6 nitrogen and oxygen atoms in total. The van der Waals surface area contributed by atoms with E-state index >= 15 is 0 Å². The van der Waals surface area contributed by atoms with Crippen molar-refractivity contribution in [1.29, 1.82) is 0 Å². The monoisotopic (exact) mass is 296 g/mol. The zero-order valence-corrected chi connectivity index (χ0v) is 11.6. The molecule has 0 unspecified atom stereocenters. The number of nitrogens with one attached hydrogen (secondary N) is 1. The van der Waals surface area contributed by atoms with E-state index in [-0.39, 0.29) is 16.7 Å². The fourth-order valence-corrected chi connectivity index (χ4v) is 2.59. The van der Waals surface area contributed by atoms with Crippen molar-refractivity contribution in [2.45, 2.75) is 6.92 Å². The van der Waals surface area contributed by atoms with Gasteiger partial charge in [-0.25, -0.2) is 9.59 Å². The summed E-state index contributed by atoms with van der Waals surface area (Å²) < 4.78 is 0. The second-order valence-electron chi connectivity index (χ2n) is 4.89. The van der Waals surface area contributed by atoms with E-state index in [0.29, 0.717) is 11.3 Å². The molecule has 0 fully saturated rings. The second-order valence-corrected chi connectivity index (χ2v) is 4.89. The van der Waals surface area contributed by atoms with Gasteiger partial charge < -0.3 is 10.2 Å². The molecule has 0 saturated carbocycles. The number of para-hydroxylation sites is 1. The molecule has 3 rings (SSSR count). The smallest absolute Gasteiger partial charge is 0.336 e. The number of hydrogen-bond acceptors (Lipinski definition) is 3. The number of rotatable bonds is 3. The van der Waals surface area contributed by atoms with Crippen molar-refractivity contribution in [3.63, 3.8) is 0 Å². The van der Waals surface area contributed by atoms with E-state index < -0.39 is 11.9 Å². The van der Waals surface area contributed by atoms with Crippen LogP contribution in [0.1, 0.15) is 26.3 Å². The van der Waals surface area contributed by atoms with Gasteiger partial charge in [0, 0.05) is 10.9 Å². The summed E-state index contributed by atoms with van der Waals surface area (Å²) in [5, 5.41) is 26.5. The van der Waals surface area contributed by atoms with Crippen molar-refractivity contribution in [3.05, 3.63) is 53.1 Å². The van der Waals surface area contributed by atoms with Gasteiger partial charge in [0.15, 0.2) is 0 Å². The first-order valence-corrected chi connectivity index (χ1v) is 6.54. The maximum Gasteiger partial charge on any atom is 0.336 e. The van der Waals surface area contributed by atoms with Gasteiger partial charge in [-0.15, -0.1) is 0 Å². The van der Waals surface area contributed by atoms with Crippen LogP contribution in [0.5, 0.6) is 0 Å². The minimum absolute atomic E-state index is 0.0269. The Kier molecular flexibility index (Phi) is 3.14. The molecule has 0 aliphatic carbocycles. The molecule has 0 spiro atoms. The van der Waals surface area contributed by atoms with Gasteiger partial charge in [-0.1, -0.05) is 24.3 Å². The Morgan fingerprint density at radius 2 is 1.77 bits per heavy atom. The number of nitrogens with zero attached hydrogens (tertiary/aromatic N) is 1. The molecule has 0 amide bonds. The topological polar surface area (TPSA) is 103 Å². The number of aromatic carboxylic acids is 2. The van der Waals surface area contributed by atoms with Crippen LogP contribution >= 0.6 is 0 Å². The highest BCUT2D eigenvalue weighted by Crippen LogP contribution is 2.31. The molecule has 1 aromatic heterocycles. The van der Waals surface area contributed by atoms with E-state index in [0.717, 1.165) is 10.9 Å². The molecular formula is C16H12N2O4. The number of benzene rings is 2. The number of carboxylic acid groups (broad SMARTS) is 2. The van der Waals surface area contributed by atoms with E-state index in [9.17, 15) is 14.7 Å². The first-order valence-electron chi connectivity index (χ1n) is 6.54. The number of aromatic amines is 1. The molecular weight excluding hydrogens is 284 g/mol. The van der Waals surface area contributed by atoms with Gasteiger partial charge in [0.25, 0.3) is 0 Å². The molecule has 0 aliphatic heterocycles. The van der Waals surface area contributed by atoms with Crippen LogP contribution in [0.4, 0.5) is 0 Å². The Bertz CT molecular complexity index is 912. The number of carbonyl (C=O) groups is 2. The van der Waals surface area contributed by atoms with Crippen LogP contribution in [0.3, 0.4) is 0 Å². The molecule has 2 aromatic carbocycles. The Labute approximate surface area is 125 Å². The lowest BCUT2D eigenvalue weighted by atomic mass is 9.94. The summed E-state index contributed by atoms with van der Waals surface area (Å²) >= 11 is 0. The van der Waals surface area contributed by atoms with Crippen LogP contribution in [0.2, 0.25) is 0 Å². The maximum atomic E-state index is 11.6. The minimum atomic E-state index is -1.18. The number of H-pyrrole nitrogens is 1. The summed E-state index contributed by atoms with van der Waals surface area (Å²) in [6.07, 6.45) is 0. The van der Waals surface area contributed by atoms with Gasteiger partial charge in [0.05, 0.1) is 16.6 Å². The van der Waals surface area contributed by atoms with Crippen LogP contribution in [-0.4, -0.2) is 32.3 Å². The largest absolute Gasteiger partial charge is 0.478 e. The maximum absolute atomic E-state index is 11.6. The third-order valence-corrected chi connectivity index (χ3v) is 3.63. The average molecular weight is 296 g/mol.